The molecule has 1 aliphatic rings. The van der Waals surface area contributed by atoms with E-state index in [1.54, 1.807) is 0 Å². The van der Waals surface area contributed by atoms with Crippen molar-refractivity contribution in [3.63, 3.8) is 0 Å². The molecule has 18 heavy (non-hydrogen) atoms. The molecule has 0 spiro atoms. The highest BCUT2D eigenvalue weighted by atomic mass is 16.3. The van der Waals surface area contributed by atoms with Crippen molar-refractivity contribution in [2.24, 2.45) is 11.8 Å². The highest BCUT2D eigenvalue weighted by Gasteiger charge is 2.21. The first kappa shape index (κ1) is 15.5. The highest BCUT2D eigenvalue weighted by molar-refractivity contribution is 5.80. The van der Waals surface area contributed by atoms with Gasteiger partial charge in [-0.05, 0) is 31.1 Å². The second kappa shape index (κ2) is 8.52. The van der Waals surface area contributed by atoms with Crippen molar-refractivity contribution >= 4 is 5.91 Å². The summed E-state index contributed by atoms with van der Waals surface area (Å²) < 4.78 is 0. The van der Waals surface area contributed by atoms with Crippen molar-refractivity contribution < 1.29 is 9.90 Å². The van der Waals surface area contributed by atoms with Crippen LogP contribution < -0.4 is 5.32 Å². The van der Waals surface area contributed by atoms with Gasteiger partial charge in [-0.15, -0.1) is 0 Å². The average molecular weight is 255 g/mol. The molecule has 0 heterocycles. The first-order valence-corrected chi connectivity index (χ1v) is 7.63. The van der Waals surface area contributed by atoms with Gasteiger partial charge in [-0.1, -0.05) is 46.0 Å². The molecule has 1 unspecified atom stereocenters. The lowest BCUT2D eigenvalue weighted by Crippen LogP contribution is -2.38. The van der Waals surface area contributed by atoms with Crippen molar-refractivity contribution in [1.82, 2.24) is 5.32 Å². The second-order valence-corrected chi connectivity index (χ2v) is 5.70. The molecular weight excluding hydrogens is 226 g/mol. The van der Waals surface area contributed by atoms with Crippen LogP contribution in [0, 0.1) is 11.8 Å². The number of nitrogens with one attached hydrogen (secondary N) is 1. The summed E-state index contributed by atoms with van der Waals surface area (Å²) in [5.41, 5.74) is 0. The standard InChI is InChI=1S/C15H29NO2/c1-3-5-6-14(17)15(18)16-11-13-9-7-12(4-2)8-10-13/h12-14,17H,3-11H2,1-2H3,(H,16,18). The molecule has 0 bridgehead atoms. The molecule has 1 saturated carbocycles. The Morgan fingerprint density at radius 2 is 1.83 bits per heavy atom. The fourth-order valence-electron chi connectivity index (χ4n) is 2.74. The summed E-state index contributed by atoms with van der Waals surface area (Å²) in [6, 6.07) is 0. The van der Waals surface area contributed by atoms with E-state index < -0.39 is 6.10 Å². The summed E-state index contributed by atoms with van der Waals surface area (Å²) >= 11 is 0. The smallest absolute Gasteiger partial charge is 0.248 e. The summed E-state index contributed by atoms with van der Waals surface area (Å²) in [6.45, 7) is 5.08. The zero-order valence-corrected chi connectivity index (χ0v) is 12.0. The van der Waals surface area contributed by atoms with Gasteiger partial charge >= 0.3 is 0 Å². The summed E-state index contributed by atoms with van der Waals surface area (Å²) in [5, 5.41) is 12.6. The molecule has 0 saturated heterocycles. The topological polar surface area (TPSA) is 49.3 Å². The van der Waals surface area contributed by atoms with Crippen LogP contribution in [-0.4, -0.2) is 23.7 Å². The molecule has 1 aliphatic carbocycles. The number of aliphatic hydroxyl groups is 1. The van der Waals surface area contributed by atoms with Gasteiger partial charge in [-0.3, -0.25) is 4.79 Å². The van der Waals surface area contributed by atoms with Crippen molar-refractivity contribution in [1.29, 1.82) is 0 Å². The average Bonchev–Trinajstić information content (AvgIpc) is 2.42. The quantitative estimate of drug-likeness (QED) is 0.735. The SMILES string of the molecule is CCCCC(O)C(=O)NCC1CCC(CC)CC1. The van der Waals surface area contributed by atoms with Gasteiger partial charge in [-0.25, -0.2) is 0 Å². The molecule has 1 atom stereocenters. The summed E-state index contributed by atoms with van der Waals surface area (Å²) in [7, 11) is 0. The monoisotopic (exact) mass is 255 g/mol. The van der Waals surface area contributed by atoms with Gasteiger partial charge in [0.2, 0.25) is 5.91 Å². The fourth-order valence-corrected chi connectivity index (χ4v) is 2.74. The Labute approximate surface area is 111 Å². The molecule has 3 heteroatoms. The maximum Gasteiger partial charge on any atom is 0.248 e. The van der Waals surface area contributed by atoms with Crippen LogP contribution in [0.25, 0.3) is 0 Å². The molecule has 3 nitrogen and oxygen atoms in total. The van der Waals surface area contributed by atoms with Gasteiger partial charge in [0.15, 0.2) is 0 Å². The van der Waals surface area contributed by atoms with E-state index in [0.29, 0.717) is 12.3 Å². The molecule has 0 aliphatic heterocycles. The van der Waals surface area contributed by atoms with Crippen molar-refractivity contribution in [2.45, 2.75) is 71.3 Å². The predicted molar refractivity (Wildman–Crippen MR) is 74.3 cm³/mol. The zero-order chi connectivity index (χ0) is 13.4. The number of aliphatic hydroxyl groups excluding tert-OH is 1. The molecule has 0 radical (unpaired) electrons. The van der Waals surface area contributed by atoms with Crippen LogP contribution in [0.4, 0.5) is 0 Å². The lowest BCUT2D eigenvalue weighted by atomic mass is 9.81. The number of hydrogen-bond acceptors (Lipinski definition) is 2. The number of carbonyl (C=O) groups excluding carboxylic acids is 1. The molecule has 0 aromatic carbocycles. The molecular formula is C15H29NO2. The van der Waals surface area contributed by atoms with Gasteiger partial charge in [0.1, 0.15) is 6.10 Å². The summed E-state index contributed by atoms with van der Waals surface area (Å²) in [6.07, 6.45) is 8.05. The van der Waals surface area contributed by atoms with E-state index in [-0.39, 0.29) is 5.91 Å². The van der Waals surface area contributed by atoms with Gasteiger partial charge in [0, 0.05) is 6.54 Å². The third-order valence-electron chi connectivity index (χ3n) is 4.24. The summed E-state index contributed by atoms with van der Waals surface area (Å²) in [4.78, 5) is 11.7. The largest absolute Gasteiger partial charge is 0.383 e. The van der Waals surface area contributed by atoms with Crippen LogP contribution in [-0.2, 0) is 4.79 Å². The van der Waals surface area contributed by atoms with E-state index in [4.69, 9.17) is 0 Å². The van der Waals surface area contributed by atoms with Gasteiger partial charge in [0.25, 0.3) is 0 Å². The normalized spacial score (nSPS) is 25.7. The molecule has 1 fully saturated rings. The Kier molecular flexibility index (Phi) is 7.33. The minimum atomic E-state index is -0.808. The first-order valence-electron chi connectivity index (χ1n) is 7.63. The minimum Gasteiger partial charge on any atom is -0.383 e. The Morgan fingerprint density at radius 3 is 2.39 bits per heavy atom. The van der Waals surface area contributed by atoms with Crippen LogP contribution in [0.3, 0.4) is 0 Å². The van der Waals surface area contributed by atoms with Gasteiger partial charge in [0.05, 0.1) is 0 Å². The zero-order valence-electron chi connectivity index (χ0n) is 12.0. The van der Waals surface area contributed by atoms with Crippen LogP contribution in [0.2, 0.25) is 0 Å². The Balaban J connectivity index is 2.15. The van der Waals surface area contributed by atoms with E-state index in [2.05, 4.69) is 19.2 Å². The summed E-state index contributed by atoms with van der Waals surface area (Å²) in [5.74, 6) is 1.34. The molecule has 1 rings (SSSR count). The van der Waals surface area contributed by atoms with Crippen molar-refractivity contribution in [2.75, 3.05) is 6.54 Å². The lowest BCUT2D eigenvalue weighted by Gasteiger charge is -2.28. The third kappa shape index (κ3) is 5.38. The van der Waals surface area contributed by atoms with Crippen molar-refractivity contribution in [3.05, 3.63) is 0 Å². The second-order valence-electron chi connectivity index (χ2n) is 5.70. The number of hydrogen-bond donors (Lipinski definition) is 2. The first-order chi connectivity index (χ1) is 8.67. The molecule has 2 N–H and O–H groups in total. The maximum absolute atomic E-state index is 11.7. The Hall–Kier alpha value is -0.570. The molecule has 1 amide bonds. The van der Waals surface area contributed by atoms with Crippen LogP contribution in [0.5, 0.6) is 0 Å². The van der Waals surface area contributed by atoms with E-state index in [1.807, 2.05) is 0 Å². The predicted octanol–water partition coefficient (Wildman–Crippen LogP) is 2.87. The van der Waals surface area contributed by atoms with Crippen molar-refractivity contribution in [3.8, 4) is 0 Å². The van der Waals surface area contributed by atoms with Crippen LogP contribution >= 0.6 is 0 Å². The van der Waals surface area contributed by atoms with Gasteiger partial charge in [-0.2, -0.15) is 0 Å². The minimum absolute atomic E-state index is 0.180. The lowest BCUT2D eigenvalue weighted by molar-refractivity contribution is -0.129. The molecule has 0 aromatic heterocycles. The van der Waals surface area contributed by atoms with E-state index >= 15 is 0 Å². The van der Waals surface area contributed by atoms with Crippen LogP contribution in [0.15, 0.2) is 0 Å². The Bertz CT molecular complexity index is 235. The highest BCUT2D eigenvalue weighted by Crippen LogP contribution is 2.30. The Morgan fingerprint density at radius 1 is 1.22 bits per heavy atom. The molecule has 0 aromatic rings. The maximum atomic E-state index is 11.7. The molecule has 106 valence electrons. The van der Waals surface area contributed by atoms with E-state index in [1.165, 1.54) is 32.1 Å². The number of carbonyl (C=O) groups is 1. The fraction of sp³-hybridized carbons (Fsp3) is 0.933. The number of unbranched alkanes of at least 4 members (excludes halogenated alkanes) is 1. The number of rotatable bonds is 7. The van der Waals surface area contributed by atoms with E-state index in [0.717, 1.165) is 25.3 Å². The van der Waals surface area contributed by atoms with E-state index in [9.17, 15) is 9.90 Å². The van der Waals surface area contributed by atoms with Crippen LogP contribution in [0.1, 0.15) is 65.2 Å². The number of amides is 1. The van der Waals surface area contributed by atoms with Gasteiger partial charge < -0.3 is 10.4 Å². The third-order valence-corrected chi connectivity index (χ3v) is 4.24.